The van der Waals surface area contributed by atoms with Gasteiger partial charge in [0, 0.05) is 29.1 Å². The third-order valence-corrected chi connectivity index (χ3v) is 4.52. The molecular formula is C14H15ClN2O2S. The van der Waals surface area contributed by atoms with Crippen molar-refractivity contribution in [2.45, 2.75) is 26.4 Å². The normalized spacial score (nSPS) is 12.3. The van der Waals surface area contributed by atoms with Crippen molar-refractivity contribution >= 4 is 28.6 Å². The molecule has 1 aromatic carbocycles. The maximum Gasteiger partial charge on any atom is 0.272 e. The average molecular weight is 311 g/mol. The van der Waals surface area contributed by atoms with Gasteiger partial charge in [-0.1, -0.05) is 23.7 Å². The molecule has 20 heavy (non-hydrogen) atoms. The molecule has 0 spiro atoms. The molecule has 1 N–H and O–H groups in total. The van der Waals surface area contributed by atoms with Gasteiger partial charge in [-0.25, -0.2) is 0 Å². The molecule has 0 saturated heterocycles. The smallest absolute Gasteiger partial charge is 0.272 e. The number of nitro benzene ring substituents is 1. The first kappa shape index (κ1) is 15.0. The third kappa shape index (κ3) is 3.56. The Morgan fingerprint density at radius 3 is 2.75 bits per heavy atom. The van der Waals surface area contributed by atoms with Crippen LogP contribution in [0.5, 0.6) is 0 Å². The van der Waals surface area contributed by atoms with Gasteiger partial charge in [0.05, 0.1) is 9.26 Å². The van der Waals surface area contributed by atoms with E-state index in [2.05, 4.69) is 5.32 Å². The van der Waals surface area contributed by atoms with E-state index in [9.17, 15) is 10.1 Å². The van der Waals surface area contributed by atoms with Gasteiger partial charge in [0.1, 0.15) is 0 Å². The lowest BCUT2D eigenvalue weighted by atomic mass is 10.1. The highest BCUT2D eigenvalue weighted by Crippen LogP contribution is 2.27. The molecule has 0 saturated carbocycles. The maximum absolute atomic E-state index is 10.9. The van der Waals surface area contributed by atoms with Gasteiger partial charge in [0.15, 0.2) is 0 Å². The van der Waals surface area contributed by atoms with E-state index in [0.29, 0.717) is 12.1 Å². The van der Waals surface area contributed by atoms with Crippen molar-refractivity contribution in [2.75, 3.05) is 0 Å². The van der Waals surface area contributed by atoms with Crippen LogP contribution in [-0.2, 0) is 6.54 Å². The van der Waals surface area contributed by atoms with Crippen molar-refractivity contribution in [2.24, 2.45) is 0 Å². The molecule has 0 aliphatic carbocycles. The fourth-order valence-electron chi connectivity index (χ4n) is 1.89. The van der Waals surface area contributed by atoms with Crippen LogP contribution in [0, 0.1) is 17.0 Å². The summed E-state index contributed by atoms with van der Waals surface area (Å²) in [6.45, 7) is 4.37. The van der Waals surface area contributed by atoms with Crippen LogP contribution in [0.2, 0.25) is 4.34 Å². The molecule has 1 aromatic heterocycles. The summed E-state index contributed by atoms with van der Waals surface area (Å²) in [5.41, 5.74) is 1.74. The second-order valence-electron chi connectivity index (χ2n) is 4.62. The summed E-state index contributed by atoms with van der Waals surface area (Å²) < 4.78 is 0.764. The molecule has 0 aliphatic rings. The molecule has 1 heterocycles. The number of nitrogens with zero attached hydrogens (tertiary/aromatic N) is 1. The monoisotopic (exact) mass is 310 g/mol. The van der Waals surface area contributed by atoms with Crippen LogP contribution < -0.4 is 5.32 Å². The second kappa shape index (κ2) is 6.35. The number of halogens is 1. The minimum absolute atomic E-state index is 0.160. The molecule has 106 valence electrons. The number of aryl methyl sites for hydroxylation is 1. The molecule has 0 radical (unpaired) electrons. The lowest BCUT2D eigenvalue weighted by Crippen LogP contribution is -2.17. The number of hydrogen-bond donors (Lipinski definition) is 1. The van der Waals surface area contributed by atoms with Crippen molar-refractivity contribution in [3.8, 4) is 0 Å². The van der Waals surface area contributed by atoms with Gasteiger partial charge < -0.3 is 5.32 Å². The van der Waals surface area contributed by atoms with Crippen molar-refractivity contribution < 1.29 is 4.92 Å². The van der Waals surface area contributed by atoms with Crippen molar-refractivity contribution in [3.05, 3.63) is 60.8 Å². The summed E-state index contributed by atoms with van der Waals surface area (Å²) in [7, 11) is 0. The van der Waals surface area contributed by atoms with Crippen molar-refractivity contribution in [3.63, 3.8) is 0 Å². The van der Waals surface area contributed by atoms with Crippen LogP contribution in [0.25, 0.3) is 0 Å². The molecule has 0 amide bonds. The van der Waals surface area contributed by atoms with Gasteiger partial charge >= 0.3 is 0 Å². The Morgan fingerprint density at radius 2 is 2.15 bits per heavy atom. The van der Waals surface area contributed by atoms with E-state index in [-0.39, 0.29) is 16.7 Å². The first-order valence-electron chi connectivity index (χ1n) is 6.20. The number of nitro groups is 1. The van der Waals surface area contributed by atoms with Crippen LogP contribution in [0.15, 0.2) is 30.3 Å². The molecule has 4 nitrogen and oxygen atoms in total. The largest absolute Gasteiger partial charge is 0.305 e. The van der Waals surface area contributed by atoms with Gasteiger partial charge in [0.25, 0.3) is 5.69 Å². The lowest BCUT2D eigenvalue weighted by molar-refractivity contribution is -0.385. The highest BCUT2D eigenvalue weighted by molar-refractivity contribution is 7.16. The topological polar surface area (TPSA) is 55.2 Å². The second-order valence-corrected chi connectivity index (χ2v) is 6.37. The minimum Gasteiger partial charge on any atom is -0.305 e. The van der Waals surface area contributed by atoms with E-state index >= 15 is 0 Å². The fraction of sp³-hybridized carbons (Fsp3) is 0.286. The Kier molecular flexibility index (Phi) is 4.75. The zero-order chi connectivity index (χ0) is 14.7. The highest BCUT2D eigenvalue weighted by atomic mass is 35.5. The third-order valence-electron chi connectivity index (χ3n) is 3.10. The van der Waals surface area contributed by atoms with Crippen LogP contribution >= 0.6 is 22.9 Å². The Labute approximate surface area is 126 Å². The van der Waals surface area contributed by atoms with E-state index < -0.39 is 0 Å². The zero-order valence-corrected chi connectivity index (χ0v) is 12.8. The van der Waals surface area contributed by atoms with Crippen molar-refractivity contribution in [1.82, 2.24) is 5.32 Å². The van der Waals surface area contributed by atoms with E-state index in [1.54, 1.807) is 19.1 Å². The quantitative estimate of drug-likeness (QED) is 0.655. The van der Waals surface area contributed by atoms with Gasteiger partial charge in [0.2, 0.25) is 0 Å². The first-order valence-corrected chi connectivity index (χ1v) is 7.39. The molecular weight excluding hydrogens is 296 g/mol. The zero-order valence-electron chi connectivity index (χ0n) is 11.2. The first-order chi connectivity index (χ1) is 9.47. The molecule has 0 fully saturated rings. The Hall–Kier alpha value is -1.43. The SMILES string of the molecule is Cc1ccc(CNC(C)c2ccc(Cl)s2)cc1[N+](=O)[O-]. The Bertz CT molecular complexity index is 627. The molecule has 0 aliphatic heterocycles. The number of hydrogen-bond acceptors (Lipinski definition) is 4. The van der Waals surface area contributed by atoms with Gasteiger partial charge in [-0.3, -0.25) is 10.1 Å². The fourth-order valence-corrected chi connectivity index (χ4v) is 2.98. The van der Waals surface area contributed by atoms with Gasteiger partial charge in [-0.05, 0) is 31.5 Å². The molecule has 1 unspecified atom stereocenters. The van der Waals surface area contributed by atoms with E-state index in [1.807, 2.05) is 25.1 Å². The lowest BCUT2D eigenvalue weighted by Gasteiger charge is -2.12. The molecule has 1 atom stereocenters. The van der Waals surface area contributed by atoms with Gasteiger partial charge in [-0.2, -0.15) is 0 Å². The standard InChI is InChI=1S/C14H15ClN2O2S/c1-9-3-4-11(7-12(9)17(18)19)8-16-10(2)13-5-6-14(15)20-13/h3-7,10,16H,8H2,1-2H3. The van der Waals surface area contributed by atoms with Gasteiger partial charge in [-0.15, -0.1) is 11.3 Å². The summed E-state index contributed by atoms with van der Waals surface area (Å²) in [6, 6.07) is 9.33. The Morgan fingerprint density at radius 1 is 1.40 bits per heavy atom. The average Bonchev–Trinajstić information content (AvgIpc) is 2.84. The number of rotatable bonds is 5. The van der Waals surface area contributed by atoms with Crippen molar-refractivity contribution in [1.29, 1.82) is 0 Å². The van der Waals surface area contributed by atoms with E-state index in [1.165, 1.54) is 11.3 Å². The van der Waals surface area contributed by atoms with Crippen LogP contribution in [0.3, 0.4) is 0 Å². The van der Waals surface area contributed by atoms with Crippen LogP contribution in [0.1, 0.15) is 29.0 Å². The molecule has 0 bridgehead atoms. The number of thiophene rings is 1. The van der Waals surface area contributed by atoms with Crippen LogP contribution in [-0.4, -0.2) is 4.92 Å². The molecule has 2 aromatic rings. The highest BCUT2D eigenvalue weighted by Gasteiger charge is 2.12. The van der Waals surface area contributed by atoms with E-state index in [4.69, 9.17) is 11.6 Å². The Balaban J connectivity index is 2.04. The predicted molar refractivity (Wildman–Crippen MR) is 82.4 cm³/mol. The maximum atomic E-state index is 10.9. The predicted octanol–water partition coefficient (Wildman–Crippen LogP) is 4.47. The number of benzene rings is 1. The molecule has 2 rings (SSSR count). The summed E-state index contributed by atoms with van der Waals surface area (Å²) in [5, 5.41) is 14.3. The summed E-state index contributed by atoms with van der Waals surface area (Å²) in [5.74, 6) is 0. The van der Waals surface area contributed by atoms with E-state index in [0.717, 1.165) is 14.8 Å². The summed E-state index contributed by atoms with van der Waals surface area (Å²) in [4.78, 5) is 11.7. The summed E-state index contributed by atoms with van der Waals surface area (Å²) >= 11 is 7.45. The minimum atomic E-state index is -0.346. The number of nitrogens with one attached hydrogen (secondary N) is 1. The molecule has 6 heteroatoms. The van der Waals surface area contributed by atoms with Crippen LogP contribution in [0.4, 0.5) is 5.69 Å². The summed E-state index contributed by atoms with van der Waals surface area (Å²) in [6.07, 6.45) is 0.